The number of carbonyl (C=O) groups is 1. The van der Waals surface area contributed by atoms with Gasteiger partial charge in [0.05, 0.1) is 6.54 Å². The van der Waals surface area contributed by atoms with E-state index in [0.29, 0.717) is 11.5 Å². The summed E-state index contributed by atoms with van der Waals surface area (Å²) in [5.74, 6) is -1.46. The maximum absolute atomic E-state index is 13.4. The summed E-state index contributed by atoms with van der Waals surface area (Å²) in [6, 6.07) is 3.86. The van der Waals surface area contributed by atoms with Gasteiger partial charge in [-0.25, -0.2) is 8.78 Å². The molecule has 1 N–H and O–H groups in total. The number of carbonyl (C=O) groups excluding carboxylic acids is 1. The summed E-state index contributed by atoms with van der Waals surface area (Å²) in [6.45, 7) is 6.37. The molecule has 1 saturated heterocycles. The van der Waals surface area contributed by atoms with Crippen molar-refractivity contribution < 1.29 is 13.6 Å². The number of benzene rings is 1. The van der Waals surface area contributed by atoms with Crippen LogP contribution in [0.15, 0.2) is 18.2 Å². The topological polar surface area (TPSA) is 32.3 Å². The standard InChI is InChI=1S/C15H20F2N2O/c1-4-13(9(2)3)19-14(20)8-18-15(19)10-5-6-11(16)12(17)7-10/h5-7,9,13,15,18H,4,8H2,1-3H3. The zero-order valence-corrected chi connectivity index (χ0v) is 12.0. The number of nitrogens with zero attached hydrogens (tertiary/aromatic N) is 1. The molecule has 0 aromatic heterocycles. The van der Waals surface area contributed by atoms with Gasteiger partial charge in [-0.1, -0.05) is 26.8 Å². The smallest absolute Gasteiger partial charge is 0.238 e. The average molecular weight is 282 g/mol. The van der Waals surface area contributed by atoms with E-state index < -0.39 is 11.6 Å². The summed E-state index contributed by atoms with van der Waals surface area (Å²) < 4.78 is 26.4. The Balaban J connectivity index is 2.34. The monoisotopic (exact) mass is 282 g/mol. The van der Waals surface area contributed by atoms with Gasteiger partial charge in [0.15, 0.2) is 11.6 Å². The Hall–Kier alpha value is -1.49. The van der Waals surface area contributed by atoms with Crippen LogP contribution in [-0.2, 0) is 4.79 Å². The number of hydrogen-bond donors (Lipinski definition) is 1. The van der Waals surface area contributed by atoms with Gasteiger partial charge in [-0.05, 0) is 30.0 Å². The van der Waals surface area contributed by atoms with Crippen LogP contribution >= 0.6 is 0 Å². The zero-order chi connectivity index (χ0) is 14.9. The third kappa shape index (κ3) is 2.68. The molecular weight excluding hydrogens is 262 g/mol. The summed E-state index contributed by atoms with van der Waals surface area (Å²) >= 11 is 0. The molecule has 3 nitrogen and oxygen atoms in total. The van der Waals surface area contributed by atoms with Crippen molar-refractivity contribution >= 4 is 5.91 Å². The van der Waals surface area contributed by atoms with Crippen LogP contribution in [0.2, 0.25) is 0 Å². The maximum Gasteiger partial charge on any atom is 0.238 e. The van der Waals surface area contributed by atoms with Crippen LogP contribution in [0.1, 0.15) is 38.9 Å². The Morgan fingerprint density at radius 2 is 2.05 bits per heavy atom. The highest BCUT2D eigenvalue weighted by Crippen LogP contribution is 2.29. The fourth-order valence-electron chi connectivity index (χ4n) is 2.84. The molecule has 2 rings (SSSR count). The van der Waals surface area contributed by atoms with Crippen LogP contribution in [-0.4, -0.2) is 23.4 Å². The van der Waals surface area contributed by atoms with E-state index in [1.165, 1.54) is 6.07 Å². The number of nitrogens with one attached hydrogen (secondary N) is 1. The summed E-state index contributed by atoms with van der Waals surface area (Å²) in [4.78, 5) is 13.9. The van der Waals surface area contributed by atoms with Gasteiger partial charge in [-0.15, -0.1) is 0 Å². The molecule has 0 saturated carbocycles. The first-order chi connectivity index (χ1) is 9.45. The van der Waals surface area contributed by atoms with Crippen LogP contribution in [0.4, 0.5) is 8.78 Å². The van der Waals surface area contributed by atoms with Gasteiger partial charge in [0, 0.05) is 6.04 Å². The van der Waals surface area contributed by atoms with Crippen LogP contribution in [0.25, 0.3) is 0 Å². The summed E-state index contributed by atoms with van der Waals surface area (Å²) in [5, 5.41) is 3.08. The van der Waals surface area contributed by atoms with Crippen molar-refractivity contribution in [2.45, 2.75) is 39.4 Å². The van der Waals surface area contributed by atoms with E-state index in [-0.39, 0.29) is 24.7 Å². The van der Waals surface area contributed by atoms with Crippen LogP contribution < -0.4 is 5.32 Å². The molecule has 0 bridgehead atoms. The van der Waals surface area contributed by atoms with Crippen LogP contribution in [0.5, 0.6) is 0 Å². The first-order valence-corrected chi connectivity index (χ1v) is 6.95. The van der Waals surface area contributed by atoms with Gasteiger partial charge in [-0.3, -0.25) is 10.1 Å². The predicted molar refractivity (Wildman–Crippen MR) is 72.9 cm³/mol. The van der Waals surface area contributed by atoms with Gasteiger partial charge < -0.3 is 4.90 Å². The molecule has 1 aromatic carbocycles. The number of rotatable bonds is 4. The summed E-state index contributed by atoms with van der Waals surface area (Å²) in [6.07, 6.45) is 0.440. The van der Waals surface area contributed by atoms with Gasteiger partial charge in [0.2, 0.25) is 5.91 Å². The third-order valence-corrected chi connectivity index (χ3v) is 3.82. The molecule has 2 unspecified atom stereocenters. The number of hydrogen-bond acceptors (Lipinski definition) is 2. The van der Waals surface area contributed by atoms with E-state index in [2.05, 4.69) is 19.2 Å². The molecule has 0 radical (unpaired) electrons. The minimum Gasteiger partial charge on any atom is -0.319 e. The molecule has 2 atom stereocenters. The van der Waals surface area contributed by atoms with E-state index in [0.717, 1.165) is 18.6 Å². The lowest BCUT2D eigenvalue weighted by Gasteiger charge is -2.35. The summed E-state index contributed by atoms with van der Waals surface area (Å²) in [5.41, 5.74) is 0.578. The van der Waals surface area contributed by atoms with E-state index in [4.69, 9.17) is 0 Å². The minimum atomic E-state index is -0.888. The van der Waals surface area contributed by atoms with Crippen molar-refractivity contribution in [3.63, 3.8) is 0 Å². The Bertz CT molecular complexity index is 505. The largest absolute Gasteiger partial charge is 0.319 e. The highest BCUT2D eigenvalue weighted by Gasteiger charge is 2.37. The van der Waals surface area contributed by atoms with Crippen molar-refractivity contribution in [2.75, 3.05) is 6.54 Å². The molecule has 0 aliphatic carbocycles. The molecule has 1 aliphatic rings. The van der Waals surface area contributed by atoms with Gasteiger partial charge in [-0.2, -0.15) is 0 Å². The fourth-order valence-corrected chi connectivity index (χ4v) is 2.84. The van der Waals surface area contributed by atoms with E-state index in [1.807, 2.05) is 6.92 Å². The van der Waals surface area contributed by atoms with Crippen molar-refractivity contribution in [1.82, 2.24) is 10.2 Å². The average Bonchev–Trinajstić information content (AvgIpc) is 2.76. The second-order valence-electron chi connectivity index (χ2n) is 5.48. The lowest BCUT2D eigenvalue weighted by molar-refractivity contribution is -0.131. The first kappa shape index (κ1) is 14.9. The zero-order valence-electron chi connectivity index (χ0n) is 12.0. The van der Waals surface area contributed by atoms with Crippen molar-refractivity contribution in [3.8, 4) is 0 Å². The molecule has 20 heavy (non-hydrogen) atoms. The van der Waals surface area contributed by atoms with Gasteiger partial charge in [0.25, 0.3) is 0 Å². The molecular formula is C15H20F2N2O. The highest BCUT2D eigenvalue weighted by atomic mass is 19.2. The summed E-state index contributed by atoms with van der Waals surface area (Å²) in [7, 11) is 0. The Kier molecular flexibility index (Phi) is 4.38. The fraction of sp³-hybridized carbons (Fsp3) is 0.533. The second kappa shape index (κ2) is 5.87. The molecule has 1 aliphatic heterocycles. The molecule has 1 fully saturated rings. The third-order valence-electron chi connectivity index (χ3n) is 3.82. The second-order valence-corrected chi connectivity index (χ2v) is 5.48. The number of halogens is 2. The normalized spacial score (nSPS) is 20.8. The van der Waals surface area contributed by atoms with E-state index in [1.54, 1.807) is 4.90 Å². The maximum atomic E-state index is 13.4. The van der Waals surface area contributed by atoms with Gasteiger partial charge >= 0.3 is 0 Å². The molecule has 5 heteroatoms. The van der Waals surface area contributed by atoms with Crippen molar-refractivity contribution in [3.05, 3.63) is 35.4 Å². The molecule has 1 amide bonds. The lowest BCUT2D eigenvalue weighted by atomic mass is 9.98. The lowest BCUT2D eigenvalue weighted by Crippen LogP contribution is -2.42. The number of amides is 1. The SMILES string of the molecule is CCC(C(C)C)N1C(=O)CNC1c1ccc(F)c(F)c1. The molecule has 1 aromatic rings. The molecule has 110 valence electrons. The van der Waals surface area contributed by atoms with Crippen molar-refractivity contribution in [1.29, 1.82) is 0 Å². The van der Waals surface area contributed by atoms with Gasteiger partial charge in [0.1, 0.15) is 6.17 Å². The Morgan fingerprint density at radius 3 is 2.60 bits per heavy atom. The molecule has 0 spiro atoms. The minimum absolute atomic E-state index is 0.000262. The highest BCUT2D eigenvalue weighted by molar-refractivity contribution is 5.81. The van der Waals surface area contributed by atoms with Crippen LogP contribution in [0, 0.1) is 17.6 Å². The van der Waals surface area contributed by atoms with Crippen LogP contribution in [0.3, 0.4) is 0 Å². The predicted octanol–water partition coefficient (Wildman–Crippen LogP) is 2.83. The molecule has 1 heterocycles. The van der Waals surface area contributed by atoms with E-state index >= 15 is 0 Å². The Morgan fingerprint density at radius 1 is 1.35 bits per heavy atom. The first-order valence-electron chi connectivity index (χ1n) is 6.95. The van der Waals surface area contributed by atoms with Crippen molar-refractivity contribution in [2.24, 2.45) is 5.92 Å². The Labute approximate surface area is 118 Å². The van der Waals surface area contributed by atoms with E-state index in [9.17, 15) is 13.6 Å². The quantitative estimate of drug-likeness (QED) is 0.921.